The molecule has 1 heterocycles. The van der Waals surface area contributed by atoms with E-state index in [1.54, 1.807) is 48.8 Å². The van der Waals surface area contributed by atoms with Crippen molar-refractivity contribution in [2.45, 2.75) is 20.5 Å². The Morgan fingerprint density at radius 2 is 1.28 bits per heavy atom. The highest BCUT2D eigenvalue weighted by Gasteiger charge is 2.13. The van der Waals surface area contributed by atoms with Crippen molar-refractivity contribution in [1.29, 1.82) is 0 Å². The molecule has 0 radical (unpaired) electrons. The van der Waals surface area contributed by atoms with Gasteiger partial charge in [0.25, 0.3) is 0 Å². The third-order valence-corrected chi connectivity index (χ3v) is 3.59. The molecule has 0 atom stereocenters. The SMILES string of the molecule is CC.CF.OCOc1ccc(OCc2c(F)cc(-c3ccncc3)cc2F)cc1. The quantitative estimate of drug-likeness (QED) is 0.545. The van der Waals surface area contributed by atoms with Crippen LogP contribution < -0.4 is 9.47 Å². The van der Waals surface area contributed by atoms with Gasteiger partial charge in [-0.15, -0.1) is 0 Å². The summed E-state index contributed by atoms with van der Waals surface area (Å²) in [6, 6.07) is 12.3. The Kier molecular flexibility index (Phi) is 10.9. The zero-order chi connectivity index (χ0) is 21.6. The Morgan fingerprint density at radius 3 is 1.76 bits per heavy atom. The summed E-state index contributed by atoms with van der Waals surface area (Å²) in [6.45, 7) is 3.33. The smallest absolute Gasteiger partial charge is 0.186 e. The third-order valence-electron chi connectivity index (χ3n) is 3.59. The van der Waals surface area contributed by atoms with Gasteiger partial charge in [0.1, 0.15) is 29.7 Å². The van der Waals surface area contributed by atoms with Crippen LogP contribution in [0.1, 0.15) is 19.4 Å². The van der Waals surface area contributed by atoms with Crippen LogP contribution in [0.4, 0.5) is 13.2 Å². The van der Waals surface area contributed by atoms with Crippen molar-refractivity contribution >= 4 is 0 Å². The highest BCUT2D eigenvalue weighted by Crippen LogP contribution is 2.25. The minimum Gasteiger partial charge on any atom is -0.489 e. The minimum absolute atomic E-state index is 0.145. The molecule has 0 fully saturated rings. The molecule has 7 heteroatoms. The molecule has 0 aliphatic heterocycles. The number of benzene rings is 2. The Balaban J connectivity index is 0.000000989. The summed E-state index contributed by atoms with van der Waals surface area (Å²) in [5.41, 5.74) is 0.972. The van der Waals surface area contributed by atoms with Crippen LogP contribution in [0.5, 0.6) is 11.5 Å². The van der Waals surface area contributed by atoms with Gasteiger partial charge in [-0.1, -0.05) is 13.8 Å². The second kappa shape index (κ2) is 13.2. The Morgan fingerprint density at radius 1 is 0.793 bits per heavy atom. The summed E-state index contributed by atoms with van der Waals surface area (Å²) < 4.78 is 48.4. The van der Waals surface area contributed by atoms with Crippen molar-refractivity contribution in [3.8, 4) is 22.6 Å². The fraction of sp³-hybridized carbons (Fsp3) is 0.227. The Hall–Kier alpha value is -3.06. The molecule has 0 aliphatic carbocycles. The number of aliphatic hydroxyl groups excluding tert-OH is 1. The third kappa shape index (κ3) is 7.12. The number of nitrogens with zero attached hydrogens (tertiary/aromatic N) is 1. The van der Waals surface area contributed by atoms with Gasteiger partial charge >= 0.3 is 0 Å². The van der Waals surface area contributed by atoms with Crippen LogP contribution in [-0.2, 0) is 6.61 Å². The minimum atomic E-state index is -0.674. The van der Waals surface area contributed by atoms with E-state index in [1.165, 1.54) is 12.1 Å². The van der Waals surface area contributed by atoms with Crippen molar-refractivity contribution in [3.63, 3.8) is 0 Å². The van der Waals surface area contributed by atoms with Gasteiger partial charge in [-0.2, -0.15) is 0 Å². The second-order valence-corrected chi connectivity index (χ2v) is 5.19. The average Bonchev–Trinajstić information content (AvgIpc) is 2.78. The first-order valence-corrected chi connectivity index (χ1v) is 8.90. The summed E-state index contributed by atoms with van der Waals surface area (Å²) in [7, 11) is 0.500. The van der Waals surface area contributed by atoms with Crippen LogP contribution in [0.3, 0.4) is 0 Å². The molecule has 3 aromatic rings. The highest BCUT2D eigenvalue weighted by atomic mass is 19.1. The van der Waals surface area contributed by atoms with Crippen LogP contribution in [0.25, 0.3) is 11.1 Å². The van der Waals surface area contributed by atoms with Gasteiger partial charge in [0, 0.05) is 12.4 Å². The predicted molar refractivity (Wildman–Crippen MR) is 106 cm³/mol. The normalized spacial score (nSPS) is 9.48. The van der Waals surface area contributed by atoms with E-state index in [2.05, 4.69) is 4.98 Å². The summed E-state index contributed by atoms with van der Waals surface area (Å²) in [5.74, 6) is -0.449. The first-order valence-electron chi connectivity index (χ1n) is 8.90. The zero-order valence-corrected chi connectivity index (χ0v) is 16.5. The molecule has 1 N–H and O–H groups in total. The second-order valence-electron chi connectivity index (χ2n) is 5.19. The lowest BCUT2D eigenvalue weighted by Gasteiger charge is -2.11. The molecule has 0 saturated heterocycles. The summed E-state index contributed by atoms with van der Waals surface area (Å²) >= 11 is 0. The fourth-order valence-electron chi connectivity index (χ4n) is 2.31. The molecule has 3 rings (SSSR count). The highest BCUT2D eigenvalue weighted by molar-refractivity contribution is 5.63. The average molecular weight is 407 g/mol. The fourth-order valence-corrected chi connectivity index (χ4v) is 2.31. The van der Waals surface area contributed by atoms with Crippen LogP contribution in [0.2, 0.25) is 0 Å². The van der Waals surface area contributed by atoms with E-state index in [1.807, 2.05) is 13.8 Å². The van der Waals surface area contributed by atoms with E-state index in [-0.39, 0.29) is 12.2 Å². The Bertz CT molecular complexity index is 821. The molecule has 0 saturated carbocycles. The standard InChI is InChI=1S/C19H15F2NO3.C2H6.CH3F/c20-18-9-14(13-5-7-22-8-6-13)10-19(21)17(18)11-24-15-1-3-16(4-2-15)25-12-23;2*1-2/h1-10,23H,11-12H2;1-2H3;1H3. The van der Waals surface area contributed by atoms with E-state index in [9.17, 15) is 13.2 Å². The van der Waals surface area contributed by atoms with Gasteiger partial charge in [-0.3, -0.25) is 9.37 Å². The number of ether oxygens (including phenoxy) is 2. The van der Waals surface area contributed by atoms with Crippen molar-refractivity contribution in [2.75, 3.05) is 14.0 Å². The molecule has 0 unspecified atom stereocenters. The summed E-state index contributed by atoms with van der Waals surface area (Å²) in [6.07, 6.45) is 3.12. The maximum absolute atomic E-state index is 14.3. The zero-order valence-electron chi connectivity index (χ0n) is 16.5. The number of pyridine rings is 1. The van der Waals surface area contributed by atoms with Crippen LogP contribution in [0, 0.1) is 11.6 Å². The number of rotatable bonds is 6. The van der Waals surface area contributed by atoms with Gasteiger partial charge in [0.2, 0.25) is 0 Å². The number of hydrogen-bond donors (Lipinski definition) is 1. The van der Waals surface area contributed by atoms with Gasteiger partial charge in [-0.25, -0.2) is 8.78 Å². The van der Waals surface area contributed by atoms with Crippen LogP contribution >= 0.6 is 0 Å². The molecular weight excluding hydrogens is 383 g/mol. The molecule has 0 bridgehead atoms. The predicted octanol–water partition coefficient (Wildman–Crippen LogP) is 5.55. The van der Waals surface area contributed by atoms with Crippen molar-refractivity contribution in [3.05, 3.63) is 78.1 Å². The molecule has 4 nitrogen and oxygen atoms in total. The summed E-state index contributed by atoms with van der Waals surface area (Å²) in [4.78, 5) is 3.88. The lowest BCUT2D eigenvalue weighted by atomic mass is 10.0. The van der Waals surface area contributed by atoms with Gasteiger partial charge in [0.05, 0.1) is 12.7 Å². The van der Waals surface area contributed by atoms with E-state index in [0.29, 0.717) is 29.8 Å². The lowest BCUT2D eigenvalue weighted by Crippen LogP contribution is -2.03. The monoisotopic (exact) mass is 407 g/mol. The van der Waals surface area contributed by atoms with Gasteiger partial charge in [0.15, 0.2) is 6.79 Å². The molecule has 2 aromatic carbocycles. The molecule has 1 aromatic heterocycles. The number of alkyl halides is 1. The molecule has 29 heavy (non-hydrogen) atoms. The molecule has 0 amide bonds. The van der Waals surface area contributed by atoms with E-state index >= 15 is 0 Å². The largest absolute Gasteiger partial charge is 0.489 e. The van der Waals surface area contributed by atoms with Crippen molar-refractivity contribution in [2.24, 2.45) is 0 Å². The maximum atomic E-state index is 14.3. The number of aliphatic hydroxyl groups is 1. The topological polar surface area (TPSA) is 51.6 Å². The lowest BCUT2D eigenvalue weighted by molar-refractivity contribution is 0.0984. The first-order chi connectivity index (χ1) is 14.2. The number of hydrogen-bond acceptors (Lipinski definition) is 4. The van der Waals surface area contributed by atoms with Crippen LogP contribution in [-0.4, -0.2) is 24.1 Å². The van der Waals surface area contributed by atoms with Crippen LogP contribution in [0.15, 0.2) is 60.9 Å². The van der Waals surface area contributed by atoms with Crippen molar-refractivity contribution < 1.29 is 27.8 Å². The molecular formula is C22H24F3NO3. The van der Waals surface area contributed by atoms with E-state index < -0.39 is 18.4 Å². The Labute approximate surface area is 168 Å². The number of aromatic nitrogens is 1. The molecule has 0 spiro atoms. The van der Waals surface area contributed by atoms with Crippen molar-refractivity contribution in [1.82, 2.24) is 4.98 Å². The maximum Gasteiger partial charge on any atom is 0.186 e. The van der Waals surface area contributed by atoms with E-state index in [0.717, 1.165) is 0 Å². The number of halogens is 3. The first kappa shape index (κ1) is 24.0. The van der Waals surface area contributed by atoms with Gasteiger partial charge in [-0.05, 0) is 59.7 Å². The van der Waals surface area contributed by atoms with E-state index in [4.69, 9.17) is 14.6 Å². The molecule has 156 valence electrons. The van der Waals surface area contributed by atoms with Gasteiger partial charge < -0.3 is 14.6 Å². The molecule has 0 aliphatic rings. The summed E-state index contributed by atoms with van der Waals surface area (Å²) in [5, 5.41) is 8.67.